The van der Waals surface area contributed by atoms with Crippen LogP contribution in [-0.2, 0) is 0 Å². The van der Waals surface area contributed by atoms with Crippen LogP contribution >= 0.6 is 11.3 Å². The number of nitrogens with zero attached hydrogens (tertiary/aromatic N) is 2. The summed E-state index contributed by atoms with van der Waals surface area (Å²) in [6, 6.07) is 10.9. The van der Waals surface area contributed by atoms with E-state index in [1.54, 1.807) is 11.3 Å². The molecule has 1 atom stereocenters. The Bertz CT molecular complexity index is 771. The molecule has 2 aromatic heterocycles. The maximum absolute atomic E-state index is 4.68. The number of aromatic nitrogens is 2. The van der Waals surface area contributed by atoms with Gasteiger partial charge in [-0.05, 0) is 48.9 Å². The first kappa shape index (κ1) is 11.7. The highest BCUT2D eigenvalue weighted by Gasteiger charge is 2.26. The fourth-order valence-corrected chi connectivity index (χ4v) is 3.45. The van der Waals surface area contributed by atoms with Crippen molar-refractivity contribution < 1.29 is 0 Å². The molecule has 0 amide bonds. The zero-order chi connectivity index (χ0) is 13.7. The van der Waals surface area contributed by atoms with E-state index in [2.05, 4.69) is 63.1 Å². The van der Waals surface area contributed by atoms with Crippen LogP contribution in [0.5, 0.6) is 0 Å². The topological polar surface area (TPSA) is 29.9 Å². The summed E-state index contributed by atoms with van der Waals surface area (Å²) in [5, 5.41) is 12.6. The minimum atomic E-state index is 0.0835. The fraction of sp³-hybridized carbons (Fsp3) is 0.188. The fourth-order valence-electron chi connectivity index (χ4n) is 2.77. The summed E-state index contributed by atoms with van der Waals surface area (Å²) in [6.07, 6.45) is 0.0835. The van der Waals surface area contributed by atoms with Crippen molar-refractivity contribution in [1.29, 1.82) is 0 Å². The van der Waals surface area contributed by atoms with Crippen molar-refractivity contribution in [1.82, 2.24) is 9.78 Å². The van der Waals surface area contributed by atoms with E-state index >= 15 is 0 Å². The molecule has 1 aromatic carbocycles. The number of hydrogen-bond acceptors (Lipinski definition) is 3. The molecule has 100 valence electrons. The molecule has 1 N–H and O–H groups in total. The van der Waals surface area contributed by atoms with Gasteiger partial charge in [0.2, 0.25) is 0 Å². The van der Waals surface area contributed by atoms with Crippen LogP contribution in [0, 0.1) is 13.8 Å². The van der Waals surface area contributed by atoms with Crippen LogP contribution in [0.25, 0.3) is 11.3 Å². The van der Waals surface area contributed by atoms with E-state index in [0.717, 1.165) is 5.69 Å². The molecule has 0 fully saturated rings. The predicted molar refractivity (Wildman–Crippen MR) is 83.2 cm³/mol. The maximum atomic E-state index is 4.68. The lowest BCUT2D eigenvalue weighted by Gasteiger charge is -2.28. The summed E-state index contributed by atoms with van der Waals surface area (Å²) < 4.78 is 2.10. The van der Waals surface area contributed by atoms with Crippen molar-refractivity contribution in [3.05, 3.63) is 57.9 Å². The van der Waals surface area contributed by atoms with Crippen molar-refractivity contribution >= 4 is 17.0 Å². The van der Waals surface area contributed by atoms with Crippen LogP contribution < -0.4 is 5.32 Å². The Labute approximate surface area is 121 Å². The van der Waals surface area contributed by atoms with Gasteiger partial charge in [-0.3, -0.25) is 0 Å². The number of nitrogens with one attached hydrogen (secondary N) is 1. The Hall–Kier alpha value is -2.07. The van der Waals surface area contributed by atoms with Gasteiger partial charge in [0.15, 0.2) is 0 Å². The van der Waals surface area contributed by atoms with Crippen molar-refractivity contribution in [2.45, 2.75) is 20.0 Å². The summed E-state index contributed by atoms with van der Waals surface area (Å²) in [4.78, 5) is 0. The molecule has 3 nitrogen and oxygen atoms in total. The van der Waals surface area contributed by atoms with E-state index in [4.69, 9.17) is 0 Å². The van der Waals surface area contributed by atoms with Crippen molar-refractivity contribution in [2.24, 2.45) is 0 Å². The van der Waals surface area contributed by atoms with Crippen LogP contribution in [0.4, 0.5) is 5.69 Å². The highest BCUT2D eigenvalue weighted by molar-refractivity contribution is 7.08. The Morgan fingerprint density at radius 1 is 1.20 bits per heavy atom. The first-order valence-corrected chi connectivity index (χ1v) is 7.62. The smallest absolute Gasteiger partial charge is 0.148 e. The normalized spacial score (nSPS) is 16.4. The molecule has 0 bridgehead atoms. The van der Waals surface area contributed by atoms with Crippen molar-refractivity contribution in [3.8, 4) is 11.3 Å². The molecule has 4 rings (SSSR count). The summed E-state index contributed by atoms with van der Waals surface area (Å²) >= 11 is 1.72. The van der Waals surface area contributed by atoms with E-state index in [1.807, 2.05) is 6.92 Å². The second-order valence-electron chi connectivity index (χ2n) is 5.27. The third-order valence-electron chi connectivity index (χ3n) is 3.70. The van der Waals surface area contributed by atoms with Gasteiger partial charge in [-0.1, -0.05) is 11.6 Å². The zero-order valence-corrected chi connectivity index (χ0v) is 12.2. The summed E-state index contributed by atoms with van der Waals surface area (Å²) in [6.45, 7) is 4.17. The summed E-state index contributed by atoms with van der Waals surface area (Å²) in [7, 11) is 0. The minimum Gasteiger partial charge on any atom is -0.359 e. The second-order valence-corrected chi connectivity index (χ2v) is 6.05. The second kappa shape index (κ2) is 4.21. The lowest BCUT2D eigenvalue weighted by Crippen LogP contribution is -2.25. The summed E-state index contributed by atoms with van der Waals surface area (Å²) in [5.74, 6) is 0. The monoisotopic (exact) mass is 281 g/mol. The molecular formula is C16H15N3S. The molecule has 20 heavy (non-hydrogen) atoms. The largest absolute Gasteiger partial charge is 0.359 e. The maximum Gasteiger partial charge on any atom is 0.148 e. The van der Waals surface area contributed by atoms with E-state index in [1.165, 1.54) is 28.1 Å². The number of rotatable bonds is 1. The number of hydrogen-bond donors (Lipinski definition) is 1. The molecule has 3 heterocycles. The van der Waals surface area contributed by atoms with Crippen LogP contribution in [-0.4, -0.2) is 9.78 Å². The van der Waals surface area contributed by atoms with Gasteiger partial charge < -0.3 is 5.32 Å². The molecule has 3 aromatic rings. The van der Waals surface area contributed by atoms with Gasteiger partial charge in [-0.2, -0.15) is 16.4 Å². The van der Waals surface area contributed by atoms with Gasteiger partial charge in [-0.25, -0.2) is 4.68 Å². The first-order valence-electron chi connectivity index (χ1n) is 6.68. The molecule has 1 unspecified atom stereocenters. The van der Waals surface area contributed by atoms with Crippen LogP contribution in [0.15, 0.2) is 41.1 Å². The van der Waals surface area contributed by atoms with Gasteiger partial charge in [0.05, 0.1) is 11.4 Å². The molecule has 0 saturated carbocycles. The van der Waals surface area contributed by atoms with E-state index < -0.39 is 0 Å². The van der Waals surface area contributed by atoms with Crippen molar-refractivity contribution in [2.75, 3.05) is 5.32 Å². The Balaban J connectivity index is 1.95. The highest BCUT2D eigenvalue weighted by Crippen LogP contribution is 2.39. The first-order chi connectivity index (χ1) is 9.72. The molecule has 1 aliphatic rings. The molecule has 0 spiro atoms. The average molecular weight is 281 g/mol. The minimum absolute atomic E-state index is 0.0835. The quantitative estimate of drug-likeness (QED) is 0.724. The molecular weight excluding hydrogens is 266 g/mol. The van der Waals surface area contributed by atoms with Gasteiger partial charge in [0.25, 0.3) is 0 Å². The van der Waals surface area contributed by atoms with E-state index in [9.17, 15) is 0 Å². The van der Waals surface area contributed by atoms with E-state index in [0.29, 0.717) is 0 Å². The average Bonchev–Trinajstić information content (AvgIpc) is 3.06. The zero-order valence-electron chi connectivity index (χ0n) is 11.4. The Kier molecular flexibility index (Phi) is 2.47. The lowest BCUT2D eigenvalue weighted by atomic mass is 10.0. The summed E-state index contributed by atoms with van der Waals surface area (Å²) in [5.41, 5.74) is 7.18. The van der Waals surface area contributed by atoms with Gasteiger partial charge in [-0.15, -0.1) is 0 Å². The van der Waals surface area contributed by atoms with Gasteiger partial charge in [0.1, 0.15) is 6.17 Å². The van der Waals surface area contributed by atoms with Crippen LogP contribution in [0.1, 0.15) is 23.0 Å². The third kappa shape index (κ3) is 1.68. The molecule has 0 saturated heterocycles. The number of aryl methyl sites for hydroxylation is 2. The number of thiophene rings is 1. The van der Waals surface area contributed by atoms with E-state index in [-0.39, 0.29) is 6.17 Å². The number of anilines is 1. The van der Waals surface area contributed by atoms with Crippen LogP contribution in [0.2, 0.25) is 0 Å². The molecule has 0 aliphatic carbocycles. The predicted octanol–water partition coefficient (Wildman–Crippen LogP) is 4.20. The molecule has 1 aliphatic heterocycles. The molecule has 4 heteroatoms. The Morgan fingerprint density at radius 3 is 2.90 bits per heavy atom. The van der Waals surface area contributed by atoms with Crippen LogP contribution in [0.3, 0.4) is 0 Å². The standard InChI is InChI=1S/C16H15N3S/c1-10-3-4-14-13(7-10)15-8-11(2)18-19(15)16(17-14)12-5-6-20-9-12/h3-9,16-17H,1-2H3. The van der Waals surface area contributed by atoms with Gasteiger partial charge >= 0.3 is 0 Å². The number of fused-ring (bicyclic) bond motifs is 3. The Morgan fingerprint density at radius 2 is 2.10 bits per heavy atom. The molecule has 0 radical (unpaired) electrons. The van der Waals surface area contributed by atoms with Gasteiger partial charge in [0, 0.05) is 16.8 Å². The third-order valence-corrected chi connectivity index (χ3v) is 4.41. The SMILES string of the molecule is Cc1ccc2c(c1)-c1cc(C)nn1C(c1ccsc1)N2. The van der Waals surface area contributed by atoms with Crippen molar-refractivity contribution in [3.63, 3.8) is 0 Å². The number of benzene rings is 1. The highest BCUT2D eigenvalue weighted by atomic mass is 32.1. The lowest BCUT2D eigenvalue weighted by molar-refractivity contribution is 0.572.